The molecule has 0 aliphatic rings. The summed E-state index contributed by atoms with van der Waals surface area (Å²) >= 11 is 3.62. The van der Waals surface area contributed by atoms with E-state index in [0.717, 1.165) is 12.8 Å². The van der Waals surface area contributed by atoms with Crippen LogP contribution in [0.15, 0.2) is 0 Å². The van der Waals surface area contributed by atoms with Gasteiger partial charge in [0.1, 0.15) is 0 Å². The normalized spacial score (nSPS) is 9.75. The summed E-state index contributed by atoms with van der Waals surface area (Å²) in [4.78, 5) is 0. The van der Waals surface area contributed by atoms with Gasteiger partial charge in [0, 0.05) is 12.8 Å². The standard InChI is InChI=1S/C10H10OS/c1-2-3-4-5-6-7-10(11)8-9-12/h1,10-12H,3-5H2. The predicted octanol–water partition coefficient (Wildman–Crippen LogP) is 1.04. The highest BCUT2D eigenvalue weighted by atomic mass is 32.1. The van der Waals surface area contributed by atoms with Gasteiger partial charge in [0.05, 0.1) is 0 Å². The van der Waals surface area contributed by atoms with E-state index < -0.39 is 6.10 Å². The molecule has 1 N–H and O–H groups in total. The van der Waals surface area contributed by atoms with Crippen LogP contribution in [0.3, 0.4) is 0 Å². The molecule has 0 aliphatic heterocycles. The first-order valence-electron chi connectivity index (χ1n) is 3.55. The molecule has 0 amide bonds. The molecule has 1 nitrogen and oxygen atoms in total. The van der Waals surface area contributed by atoms with Crippen molar-refractivity contribution < 1.29 is 5.11 Å². The number of thiol groups is 1. The van der Waals surface area contributed by atoms with E-state index >= 15 is 0 Å². The highest BCUT2D eigenvalue weighted by Crippen LogP contribution is 1.91. The third-order valence-corrected chi connectivity index (χ3v) is 1.19. The zero-order valence-corrected chi connectivity index (χ0v) is 7.56. The van der Waals surface area contributed by atoms with E-state index in [2.05, 4.69) is 41.6 Å². The van der Waals surface area contributed by atoms with Gasteiger partial charge in [-0.2, -0.15) is 0 Å². The van der Waals surface area contributed by atoms with E-state index in [-0.39, 0.29) is 0 Å². The van der Waals surface area contributed by atoms with Crippen LogP contribution in [-0.4, -0.2) is 11.2 Å². The third kappa shape index (κ3) is 7.10. The Morgan fingerprint density at radius 2 is 2.08 bits per heavy atom. The van der Waals surface area contributed by atoms with Crippen LogP contribution in [0.1, 0.15) is 19.3 Å². The zero-order chi connectivity index (χ0) is 9.23. The lowest BCUT2D eigenvalue weighted by atomic mass is 10.2. The van der Waals surface area contributed by atoms with E-state index in [1.54, 1.807) is 0 Å². The van der Waals surface area contributed by atoms with Crippen molar-refractivity contribution in [2.75, 3.05) is 0 Å². The molecule has 1 atom stereocenters. The third-order valence-electron chi connectivity index (χ3n) is 1.06. The van der Waals surface area contributed by atoms with Gasteiger partial charge in [-0.25, -0.2) is 0 Å². The number of terminal acetylenes is 1. The van der Waals surface area contributed by atoms with Crippen molar-refractivity contribution in [2.45, 2.75) is 25.4 Å². The van der Waals surface area contributed by atoms with Crippen LogP contribution in [0.25, 0.3) is 0 Å². The maximum atomic E-state index is 8.97. The Balaban J connectivity index is 3.57. The molecule has 0 aromatic heterocycles. The molecule has 0 saturated carbocycles. The van der Waals surface area contributed by atoms with Crippen LogP contribution in [-0.2, 0) is 0 Å². The quantitative estimate of drug-likeness (QED) is 0.368. The van der Waals surface area contributed by atoms with Gasteiger partial charge in [-0.1, -0.05) is 24.5 Å². The molecular weight excluding hydrogens is 168 g/mol. The van der Waals surface area contributed by atoms with Gasteiger partial charge < -0.3 is 5.11 Å². The fourth-order valence-corrected chi connectivity index (χ4v) is 0.667. The molecular formula is C10H10OS. The van der Waals surface area contributed by atoms with Crippen molar-refractivity contribution in [3.8, 4) is 35.4 Å². The molecule has 0 saturated heterocycles. The molecule has 12 heavy (non-hydrogen) atoms. The molecule has 62 valence electrons. The second kappa shape index (κ2) is 8.09. The van der Waals surface area contributed by atoms with E-state index in [4.69, 9.17) is 11.5 Å². The van der Waals surface area contributed by atoms with Gasteiger partial charge in [0.15, 0.2) is 6.10 Å². The van der Waals surface area contributed by atoms with Crippen molar-refractivity contribution in [3.05, 3.63) is 0 Å². The number of unbranched alkanes of at least 4 members (excludes halogenated alkanes) is 2. The lowest BCUT2D eigenvalue weighted by Crippen LogP contribution is -1.96. The Kier molecular flexibility index (Phi) is 7.41. The van der Waals surface area contributed by atoms with Crippen molar-refractivity contribution in [2.24, 2.45) is 0 Å². The summed E-state index contributed by atoms with van der Waals surface area (Å²) in [6.45, 7) is 0. The van der Waals surface area contributed by atoms with Crippen LogP contribution in [0.4, 0.5) is 0 Å². The number of hydrogen-bond donors (Lipinski definition) is 2. The van der Waals surface area contributed by atoms with E-state index in [0.29, 0.717) is 6.42 Å². The molecule has 0 fully saturated rings. The molecule has 2 heteroatoms. The van der Waals surface area contributed by atoms with Gasteiger partial charge in [0.25, 0.3) is 0 Å². The predicted molar refractivity (Wildman–Crippen MR) is 53.2 cm³/mol. The first-order chi connectivity index (χ1) is 5.81. The first kappa shape index (κ1) is 11.0. The van der Waals surface area contributed by atoms with Crippen molar-refractivity contribution >= 4 is 12.6 Å². The minimum atomic E-state index is -0.881. The summed E-state index contributed by atoms with van der Waals surface area (Å²) in [5, 5.41) is 11.2. The van der Waals surface area contributed by atoms with Crippen LogP contribution < -0.4 is 0 Å². The van der Waals surface area contributed by atoms with E-state index in [9.17, 15) is 0 Å². The highest BCUT2D eigenvalue weighted by Gasteiger charge is 1.87. The monoisotopic (exact) mass is 178 g/mol. The molecule has 0 rings (SSSR count). The molecule has 0 aromatic rings. The van der Waals surface area contributed by atoms with Gasteiger partial charge in [0.2, 0.25) is 0 Å². The summed E-state index contributed by atoms with van der Waals surface area (Å²) in [6.07, 6.45) is 6.45. The minimum absolute atomic E-state index is 0.704. The van der Waals surface area contributed by atoms with Crippen molar-refractivity contribution in [1.29, 1.82) is 0 Å². The van der Waals surface area contributed by atoms with Gasteiger partial charge in [-0.3, -0.25) is 0 Å². The smallest absolute Gasteiger partial charge is 0.177 e. The van der Waals surface area contributed by atoms with Gasteiger partial charge in [-0.15, -0.1) is 12.3 Å². The van der Waals surface area contributed by atoms with Crippen LogP contribution in [0.2, 0.25) is 0 Å². The Hall–Kier alpha value is -1.01. The fraction of sp³-hybridized carbons (Fsp3) is 0.400. The van der Waals surface area contributed by atoms with Gasteiger partial charge in [-0.05, 0) is 17.6 Å². The van der Waals surface area contributed by atoms with Crippen LogP contribution in [0, 0.1) is 35.4 Å². The maximum absolute atomic E-state index is 8.97. The topological polar surface area (TPSA) is 20.2 Å². The Bertz CT molecular complexity index is 266. The molecule has 0 spiro atoms. The average molecular weight is 178 g/mol. The van der Waals surface area contributed by atoms with Crippen LogP contribution in [0.5, 0.6) is 0 Å². The maximum Gasteiger partial charge on any atom is 0.177 e. The summed E-state index contributed by atoms with van der Waals surface area (Å²) in [5.41, 5.74) is 0. The molecule has 0 heterocycles. The number of rotatable bonds is 2. The highest BCUT2D eigenvalue weighted by molar-refractivity contribution is 7.85. The molecule has 0 bridgehead atoms. The molecule has 0 radical (unpaired) electrons. The van der Waals surface area contributed by atoms with Crippen LogP contribution >= 0.6 is 12.6 Å². The second-order valence-electron chi connectivity index (χ2n) is 2.04. The largest absolute Gasteiger partial charge is 0.369 e. The fourth-order valence-electron chi connectivity index (χ4n) is 0.545. The van der Waals surface area contributed by atoms with Gasteiger partial charge >= 0.3 is 0 Å². The lowest BCUT2D eigenvalue weighted by molar-refractivity contribution is 0.289. The zero-order valence-electron chi connectivity index (χ0n) is 6.67. The van der Waals surface area contributed by atoms with Crippen molar-refractivity contribution in [3.63, 3.8) is 0 Å². The Morgan fingerprint density at radius 3 is 2.67 bits per heavy atom. The summed E-state index contributed by atoms with van der Waals surface area (Å²) in [5.74, 6) is 10.2. The Labute approximate surface area is 79.0 Å². The molecule has 1 unspecified atom stereocenters. The molecule has 0 aliphatic carbocycles. The average Bonchev–Trinajstić information content (AvgIpc) is 2.05. The summed E-state index contributed by atoms with van der Waals surface area (Å²) < 4.78 is 0. The minimum Gasteiger partial charge on any atom is -0.369 e. The molecule has 0 aromatic carbocycles. The lowest BCUT2D eigenvalue weighted by Gasteiger charge is -1.87. The SMILES string of the molecule is C#CCCCC#CC(O)C#CS. The summed E-state index contributed by atoms with van der Waals surface area (Å²) in [6, 6.07) is 0. The summed E-state index contributed by atoms with van der Waals surface area (Å²) in [7, 11) is 0. The van der Waals surface area contributed by atoms with E-state index in [1.165, 1.54) is 0 Å². The second-order valence-corrected chi connectivity index (χ2v) is 2.26. The van der Waals surface area contributed by atoms with Crippen molar-refractivity contribution in [1.82, 2.24) is 0 Å². The number of aliphatic hydroxyl groups is 1. The first-order valence-corrected chi connectivity index (χ1v) is 4.00. The van der Waals surface area contributed by atoms with E-state index in [1.807, 2.05) is 0 Å². The number of hydrogen-bond acceptors (Lipinski definition) is 2. The number of aliphatic hydroxyl groups excluding tert-OH is 1. The Morgan fingerprint density at radius 1 is 1.33 bits per heavy atom.